The number of imidazole rings is 1. The van der Waals surface area contributed by atoms with E-state index in [-0.39, 0.29) is 12.7 Å². The van der Waals surface area contributed by atoms with Gasteiger partial charge in [-0.3, -0.25) is 14.3 Å². The van der Waals surface area contributed by atoms with Crippen LogP contribution in [0.25, 0.3) is 11.2 Å². The molecule has 2 aromatic rings. The molecule has 2 heterocycles. The molecule has 7 nitrogen and oxygen atoms in total. The average Bonchev–Trinajstić information content (AvgIpc) is 2.76. The molecule has 0 saturated carbocycles. The standard InChI is InChI=1S/C12H18N4O3/c1-4-5-16-10-9(11(17)15-12(16)18)13-8(14-10)6-19-7(2)3/h7H,4-6H2,1-3H3,(H,13,14)(H,15,17,18). The van der Waals surface area contributed by atoms with Gasteiger partial charge < -0.3 is 9.72 Å². The lowest BCUT2D eigenvalue weighted by Crippen LogP contribution is -2.30. The van der Waals surface area contributed by atoms with Crippen molar-refractivity contribution in [1.82, 2.24) is 19.5 Å². The molecule has 7 heteroatoms. The molecule has 0 unspecified atom stereocenters. The van der Waals surface area contributed by atoms with Crippen LogP contribution in [0.15, 0.2) is 9.59 Å². The number of H-pyrrole nitrogens is 2. The van der Waals surface area contributed by atoms with Crippen LogP contribution >= 0.6 is 0 Å². The molecule has 0 aromatic carbocycles. The summed E-state index contributed by atoms with van der Waals surface area (Å²) in [7, 11) is 0. The van der Waals surface area contributed by atoms with Crippen LogP contribution in [0.4, 0.5) is 0 Å². The van der Waals surface area contributed by atoms with Crippen LogP contribution in [-0.2, 0) is 17.9 Å². The van der Waals surface area contributed by atoms with Crippen molar-refractivity contribution in [1.29, 1.82) is 0 Å². The Bertz CT molecular complexity index is 680. The van der Waals surface area contributed by atoms with Crippen molar-refractivity contribution in [2.24, 2.45) is 0 Å². The van der Waals surface area contributed by atoms with Gasteiger partial charge in [0.05, 0.1) is 6.10 Å². The first kappa shape index (κ1) is 13.5. The minimum absolute atomic E-state index is 0.0735. The number of nitrogens with zero attached hydrogens (tertiary/aromatic N) is 2. The lowest BCUT2D eigenvalue weighted by Gasteiger charge is -2.04. The smallest absolute Gasteiger partial charge is 0.330 e. The van der Waals surface area contributed by atoms with Crippen LogP contribution < -0.4 is 11.2 Å². The molecule has 2 rings (SSSR count). The molecular formula is C12H18N4O3. The van der Waals surface area contributed by atoms with Gasteiger partial charge in [0.1, 0.15) is 17.9 Å². The zero-order valence-corrected chi connectivity index (χ0v) is 11.3. The Morgan fingerprint density at radius 1 is 1.32 bits per heavy atom. The third-order valence-electron chi connectivity index (χ3n) is 2.68. The van der Waals surface area contributed by atoms with Crippen LogP contribution in [-0.4, -0.2) is 25.6 Å². The fourth-order valence-electron chi connectivity index (χ4n) is 1.83. The van der Waals surface area contributed by atoms with Crippen LogP contribution in [0.2, 0.25) is 0 Å². The van der Waals surface area contributed by atoms with E-state index >= 15 is 0 Å². The zero-order chi connectivity index (χ0) is 14.0. The van der Waals surface area contributed by atoms with Gasteiger partial charge in [-0.05, 0) is 20.3 Å². The molecule has 0 aliphatic rings. The molecule has 0 bridgehead atoms. The summed E-state index contributed by atoms with van der Waals surface area (Å²) in [6.45, 7) is 6.59. The highest BCUT2D eigenvalue weighted by molar-refractivity contribution is 5.69. The zero-order valence-electron chi connectivity index (χ0n) is 11.3. The van der Waals surface area contributed by atoms with Crippen LogP contribution in [0.1, 0.15) is 33.0 Å². The Hall–Kier alpha value is -1.89. The SMILES string of the molecule is CCCn1c(=O)[nH]c(=O)c2[nH]c(COC(C)C)nc21. The number of ether oxygens (including phenoxy) is 1. The molecule has 0 fully saturated rings. The van der Waals surface area contributed by atoms with E-state index in [0.29, 0.717) is 23.5 Å². The van der Waals surface area contributed by atoms with E-state index in [4.69, 9.17) is 4.74 Å². The summed E-state index contributed by atoms with van der Waals surface area (Å²) in [5.41, 5.74) is -0.175. The maximum atomic E-state index is 11.7. The fourth-order valence-corrected chi connectivity index (χ4v) is 1.83. The molecule has 0 saturated heterocycles. The lowest BCUT2D eigenvalue weighted by molar-refractivity contribution is 0.0618. The van der Waals surface area contributed by atoms with Gasteiger partial charge in [-0.25, -0.2) is 9.78 Å². The Morgan fingerprint density at radius 2 is 2.05 bits per heavy atom. The van der Waals surface area contributed by atoms with Crippen molar-refractivity contribution in [3.63, 3.8) is 0 Å². The van der Waals surface area contributed by atoms with E-state index in [0.717, 1.165) is 6.42 Å². The van der Waals surface area contributed by atoms with Gasteiger partial charge in [0, 0.05) is 6.54 Å². The van der Waals surface area contributed by atoms with E-state index in [1.165, 1.54) is 4.57 Å². The molecule has 2 aromatic heterocycles. The van der Waals surface area contributed by atoms with Gasteiger partial charge in [0.15, 0.2) is 5.65 Å². The quantitative estimate of drug-likeness (QED) is 0.835. The summed E-state index contributed by atoms with van der Waals surface area (Å²) in [5.74, 6) is 0.546. The van der Waals surface area contributed by atoms with Crippen LogP contribution in [0, 0.1) is 0 Å². The molecular weight excluding hydrogens is 248 g/mol. The summed E-state index contributed by atoms with van der Waals surface area (Å²) in [5, 5.41) is 0. The highest BCUT2D eigenvalue weighted by Gasteiger charge is 2.12. The average molecular weight is 266 g/mol. The summed E-state index contributed by atoms with van der Waals surface area (Å²) in [4.78, 5) is 32.9. The summed E-state index contributed by atoms with van der Waals surface area (Å²) < 4.78 is 6.90. The normalized spacial score (nSPS) is 11.6. The second-order valence-electron chi connectivity index (χ2n) is 4.65. The van der Waals surface area contributed by atoms with Crippen LogP contribution in [0.3, 0.4) is 0 Å². The summed E-state index contributed by atoms with van der Waals surface area (Å²) in [6.07, 6.45) is 0.857. The minimum atomic E-state index is -0.448. The molecule has 0 amide bonds. The molecule has 0 spiro atoms. The fraction of sp³-hybridized carbons (Fsp3) is 0.583. The first-order valence-electron chi connectivity index (χ1n) is 6.36. The molecule has 0 aliphatic heterocycles. The van der Waals surface area contributed by atoms with Crippen molar-refractivity contribution < 1.29 is 4.74 Å². The van der Waals surface area contributed by atoms with E-state index in [1.54, 1.807) is 0 Å². The second-order valence-corrected chi connectivity index (χ2v) is 4.65. The van der Waals surface area contributed by atoms with E-state index in [2.05, 4.69) is 15.0 Å². The summed E-state index contributed by atoms with van der Waals surface area (Å²) >= 11 is 0. The topological polar surface area (TPSA) is 92.8 Å². The van der Waals surface area contributed by atoms with Crippen LogP contribution in [0.5, 0.6) is 0 Å². The van der Waals surface area contributed by atoms with Gasteiger partial charge in [-0.2, -0.15) is 0 Å². The Balaban J connectivity index is 2.51. The van der Waals surface area contributed by atoms with Gasteiger partial charge in [-0.1, -0.05) is 6.92 Å². The molecule has 0 radical (unpaired) electrons. The predicted octanol–water partition coefficient (Wildman–Crippen LogP) is 0.748. The largest absolute Gasteiger partial charge is 0.371 e. The van der Waals surface area contributed by atoms with Crippen molar-refractivity contribution in [2.45, 2.75) is 46.4 Å². The highest BCUT2D eigenvalue weighted by Crippen LogP contribution is 2.07. The van der Waals surface area contributed by atoms with E-state index in [1.807, 2.05) is 20.8 Å². The third kappa shape index (κ3) is 2.76. The van der Waals surface area contributed by atoms with Gasteiger partial charge in [0.25, 0.3) is 5.56 Å². The maximum Gasteiger partial charge on any atom is 0.330 e. The third-order valence-corrected chi connectivity index (χ3v) is 2.68. The Kier molecular flexibility index (Phi) is 3.84. The van der Waals surface area contributed by atoms with Gasteiger partial charge in [0.2, 0.25) is 0 Å². The number of hydrogen-bond donors (Lipinski definition) is 2. The second kappa shape index (κ2) is 5.40. The van der Waals surface area contributed by atoms with Crippen molar-refractivity contribution in [3.8, 4) is 0 Å². The van der Waals surface area contributed by atoms with Crippen molar-refractivity contribution in [3.05, 3.63) is 26.7 Å². The molecule has 2 N–H and O–H groups in total. The monoisotopic (exact) mass is 266 g/mol. The lowest BCUT2D eigenvalue weighted by atomic mass is 10.4. The van der Waals surface area contributed by atoms with E-state index < -0.39 is 11.2 Å². The number of aryl methyl sites for hydroxylation is 1. The number of nitrogens with one attached hydrogen (secondary N) is 2. The van der Waals surface area contributed by atoms with Gasteiger partial charge >= 0.3 is 5.69 Å². The van der Waals surface area contributed by atoms with E-state index in [9.17, 15) is 9.59 Å². The highest BCUT2D eigenvalue weighted by atomic mass is 16.5. The summed E-state index contributed by atoms with van der Waals surface area (Å²) in [6, 6.07) is 0. The first-order valence-corrected chi connectivity index (χ1v) is 6.36. The molecule has 19 heavy (non-hydrogen) atoms. The molecule has 0 aliphatic carbocycles. The first-order chi connectivity index (χ1) is 9.02. The predicted molar refractivity (Wildman–Crippen MR) is 71.2 cm³/mol. The number of aromatic amines is 2. The number of aromatic nitrogens is 4. The maximum absolute atomic E-state index is 11.7. The Labute approximate surface area is 109 Å². The number of rotatable bonds is 5. The minimum Gasteiger partial charge on any atom is -0.371 e. The van der Waals surface area contributed by atoms with Crippen molar-refractivity contribution >= 4 is 11.2 Å². The molecule has 104 valence electrons. The van der Waals surface area contributed by atoms with Crippen molar-refractivity contribution in [2.75, 3.05) is 0 Å². The number of hydrogen-bond acceptors (Lipinski definition) is 4. The van der Waals surface area contributed by atoms with Gasteiger partial charge in [-0.15, -0.1) is 0 Å². The Morgan fingerprint density at radius 3 is 2.68 bits per heavy atom. The number of fused-ring (bicyclic) bond motifs is 1. The molecule has 0 atom stereocenters.